The summed E-state index contributed by atoms with van der Waals surface area (Å²) in [5.41, 5.74) is 3.37. The highest BCUT2D eigenvalue weighted by Crippen LogP contribution is 2.11. The summed E-state index contributed by atoms with van der Waals surface area (Å²) < 4.78 is 13.3. The summed E-state index contributed by atoms with van der Waals surface area (Å²) in [6.07, 6.45) is 0. The van der Waals surface area contributed by atoms with E-state index >= 15 is 0 Å². The summed E-state index contributed by atoms with van der Waals surface area (Å²) in [5, 5.41) is 2.42. The molecule has 3 N–H and O–H groups in total. The number of benzene rings is 1. The predicted molar refractivity (Wildman–Crippen MR) is 74.5 cm³/mol. The smallest absolute Gasteiger partial charge is 0.272 e. The highest BCUT2D eigenvalue weighted by atomic mass is 19.1. The Morgan fingerprint density at radius 2 is 1.71 bits per heavy atom. The minimum atomic E-state index is -0.774. The molecule has 0 aliphatic carbocycles. The highest BCUT2D eigenvalue weighted by Gasteiger charge is 2.21. The summed E-state index contributed by atoms with van der Waals surface area (Å²) in [7, 11) is 0. The topological polar surface area (TPSA) is 87.3 Å². The van der Waals surface area contributed by atoms with Crippen LogP contribution in [0.1, 0.15) is 31.1 Å². The standard InChI is InChI=1S/C14H18FN3O3/c1-14(2,3)13(21)16-8-11(19)17-18-12(20)9-6-4-5-7-10(9)15/h4-7H,8H2,1-3H3,(H,16,21)(H,17,19)(H,18,20). The van der Waals surface area contributed by atoms with E-state index in [1.165, 1.54) is 18.2 Å². The Balaban J connectivity index is 2.42. The van der Waals surface area contributed by atoms with E-state index in [9.17, 15) is 18.8 Å². The number of carbonyl (C=O) groups excluding carboxylic acids is 3. The Morgan fingerprint density at radius 3 is 2.29 bits per heavy atom. The Hall–Kier alpha value is -2.44. The van der Waals surface area contributed by atoms with Crippen molar-refractivity contribution >= 4 is 17.7 Å². The third kappa shape index (κ3) is 5.21. The lowest BCUT2D eigenvalue weighted by molar-refractivity contribution is -0.131. The van der Waals surface area contributed by atoms with Crippen molar-refractivity contribution in [2.75, 3.05) is 6.54 Å². The van der Waals surface area contributed by atoms with Gasteiger partial charge in [-0.05, 0) is 12.1 Å². The molecular weight excluding hydrogens is 277 g/mol. The van der Waals surface area contributed by atoms with Gasteiger partial charge in [0.15, 0.2) is 0 Å². The first-order valence-electron chi connectivity index (χ1n) is 6.34. The number of halogens is 1. The second kappa shape index (κ2) is 6.83. The van der Waals surface area contributed by atoms with Crippen LogP contribution >= 0.6 is 0 Å². The maximum atomic E-state index is 13.3. The van der Waals surface area contributed by atoms with Gasteiger partial charge in [0.1, 0.15) is 5.82 Å². The molecule has 0 aromatic heterocycles. The molecule has 0 radical (unpaired) electrons. The fourth-order valence-corrected chi connectivity index (χ4v) is 1.31. The van der Waals surface area contributed by atoms with Crippen molar-refractivity contribution in [2.45, 2.75) is 20.8 Å². The van der Waals surface area contributed by atoms with Gasteiger partial charge in [-0.1, -0.05) is 32.9 Å². The number of hydrazine groups is 1. The Morgan fingerprint density at radius 1 is 1.10 bits per heavy atom. The van der Waals surface area contributed by atoms with Gasteiger partial charge < -0.3 is 5.32 Å². The van der Waals surface area contributed by atoms with Crippen molar-refractivity contribution in [3.63, 3.8) is 0 Å². The zero-order valence-electron chi connectivity index (χ0n) is 12.1. The van der Waals surface area contributed by atoms with Gasteiger partial charge in [0, 0.05) is 5.41 Å². The monoisotopic (exact) mass is 295 g/mol. The van der Waals surface area contributed by atoms with E-state index in [4.69, 9.17) is 0 Å². The lowest BCUT2D eigenvalue weighted by Gasteiger charge is -2.17. The molecule has 0 spiro atoms. The highest BCUT2D eigenvalue weighted by molar-refractivity contribution is 5.96. The molecule has 1 rings (SSSR count). The van der Waals surface area contributed by atoms with E-state index in [0.29, 0.717) is 0 Å². The second-order valence-electron chi connectivity index (χ2n) is 5.41. The van der Waals surface area contributed by atoms with Crippen LogP contribution in [0.3, 0.4) is 0 Å². The second-order valence-corrected chi connectivity index (χ2v) is 5.41. The van der Waals surface area contributed by atoms with Crippen LogP contribution < -0.4 is 16.2 Å². The van der Waals surface area contributed by atoms with Gasteiger partial charge in [0.2, 0.25) is 5.91 Å². The van der Waals surface area contributed by atoms with Crippen molar-refractivity contribution in [2.24, 2.45) is 5.41 Å². The molecule has 0 bridgehead atoms. The minimum absolute atomic E-state index is 0.184. The lowest BCUT2D eigenvalue weighted by Crippen LogP contribution is -2.48. The van der Waals surface area contributed by atoms with E-state index in [1.807, 2.05) is 0 Å². The molecule has 0 aliphatic heterocycles. The zero-order chi connectivity index (χ0) is 16.0. The molecule has 7 heteroatoms. The lowest BCUT2D eigenvalue weighted by atomic mass is 9.96. The van der Waals surface area contributed by atoms with E-state index in [2.05, 4.69) is 16.2 Å². The van der Waals surface area contributed by atoms with Gasteiger partial charge in [0.25, 0.3) is 11.8 Å². The van der Waals surface area contributed by atoms with E-state index in [-0.39, 0.29) is 18.0 Å². The van der Waals surface area contributed by atoms with Gasteiger partial charge in [0.05, 0.1) is 12.1 Å². The average molecular weight is 295 g/mol. The summed E-state index contributed by atoms with van der Waals surface area (Å²) in [6, 6.07) is 5.38. The summed E-state index contributed by atoms with van der Waals surface area (Å²) in [4.78, 5) is 34.6. The molecule has 0 aliphatic rings. The number of carbonyl (C=O) groups is 3. The van der Waals surface area contributed by atoms with E-state index in [0.717, 1.165) is 6.07 Å². The quantitative estimate of drug-likeness (QED) is 0.719. The van der Waals surface area contributed by atoms with Crippen LogP contribution in [-0.2, 0) is 9.59 Å². The molecule has 0 fully saturated rings. The Bertz CT molecular complexity index is 553. The Labute approximate surface area is 122 Å². The largest absolute Gasteiger partial charge is 0.347 e. The minimum Gasteiger partial charge on any atom is -0.347 e. The van der Waals surface area contributed by atoms with Crippen molar-refractivity contribution in [1.29, 1.82) is 0 Å². The van der Waals surface area contributed by atoms with Crippen LogP contribution in [0.15, 0.2) is 24.3 Å². The van der Waals surface area contributed by atoms with Crippen LogP contribution in [0, 0.1) is 11.2 Å². The molecule has 0 heterocycles. The van der Waals surface area contributed by atoms with Crippen molar-refractivity contribution < 1.29 is 18.8 Å². The van der Waals surface area contributed by atoms with Crippen LogP contribution in [-0.4, -0.2) is 24.3 Å². The fraction of sp³-hybridized carbons (Fsp3) is 0.357. The van der Waals surface area contributed by atoms with Crippen LogP contribution in [0.4, 0.5) is 4.39 Å². The van der Waals surface area contributed by atoms with E-state index < -0.39 is 23.0 Å². The number of hydrogen-bond acceptors (Lipinski definition) is 3. The molecule has 0 atom stereocenters. The maximum absolute atomic E-state index is 13.3. The fourth-order valence-electron chi connectivity index (χ4n) is 1.31. The predicted octanol–water partition coefficient (Wildman–Crippen LogP) is 0.749. The van der Waals surface area contributed by atoms with Gasteiger partial charge in [-0.25, -0.2) is 4.39 Å². The molecular formula is C14H18FN3O3. The first-order valence-corrected chi connectivity index (χ1v) is 6.34. The van der Waals surface area contributed by atoms with Gasteiger partial charge >= 0.3 is 0 Å². The molecule has 1 aromatic carbocycles. The first kappa shape index (κ1) is 16.6. The summed E-state index contributed by atoms with van der Waals surface area (Å²) in [6.45, 7) is 4.84. The molecule has 0 saturated carbocycles. The third-order valence-electron chi connectivity index (χ3n) is 2.52. The summed E-state index contributed by atoms with van der Waals surface area (Å²) in [5.74, 6) is -2.37. The first-order chi connectivity index (χ1) is 9.71. The molecule has 6 nitrogen and oxygen atoms in total. The van der Waals surface area contributed by atoms with Crippen LogP contribution in [0.5, 0.6) is 0 Å². The zero-order valence-corrected chi connectivity index (χ0v) is 12.1. The Kier molecular flexibility index (Phi) is 5.40. The van der Waals surface area contributed by atoms with Crippen LogP contribution in [0.25, 0.3) is 0 Å². The molecule has 0 saturated heterocycles. The molecule has 3 amide bonds. The van der Waals surface area contributed by atoms with Gasteiger partial charge in [-0.3, -0.25) is 25.2 Å². The molecule has 1 aromatic rings. The maximum Gasteiger partial charge on any atom is 0.272 e. The summed E-state index contributed by atoms with van der Waals surface area (Å²) >= 11 is 0. The molecule has 21 heavy (non-hydrogen) atoms. The SMILES string of the molecule is CC(C)(C)C(=O)NCC(=O)NNC(=O)c1ccccc1F. The number of nitrogens with one attached hydrogen (secondary N) is 3. The van der Waals surface area contributed by atoms with Crippen molar-refractivity contribution in [3.8, 4) is 0 Å². The van der Waals surface area contributed by atoms with Gasteiger partial charge in [-0.2, -0.15) is 0 Å². The molecule has 0 unspecified atom stereocenters. The van der Waals surface area contributed by atoms with Crippen molar-refractivity contribution in [1.82, 2.24) is 16.2 Å². The van der Waals surface area contributed by atoms with E-state index in [1.54, 1.807) is 20.8 Å². The number of amides is 3. The average Bonchev–Trinajstić information content (AvgIpc) is 2.41. The third-order valence-corrected chi connectivity index (χ3v) is 2.52. The molecule has 114 valence electrons. The number of rotatable bonds is 3. The normalized spacial score (nSPS) is 10.7. The number of hydrogen-bond donors (Lipinski definition) is 3. The van der Waals surface area contributed by atoms with Gasteiger partial charge in [-0.15, -0.1) is 0 Å². The van der Waals surface area contributed by atoms with Crippen LogP contribution in [0.2, 0.25) is 0 Å². The van der Waals surface area contributed by atoms with Crippen molar-refractivity contribution in [3.05, 3.63) is 35.6 Å².